The molecule has 1 aliphatic heterocycles. The highest BCUT2D eigenvalue weighted by Crippen LogP contribution is 2.28. The van der Waals surface area contributed by atoms with Crippen LogP contribution < -0.4 is 10.2 Å². The summed E-state index contributed by atoms with van der Waals surface area (Å²) in [5.74, 6) is 1.06. The maximum atomic E-state index is 4.53. The van der Waals surface area contributed by atoms with E-state index < -0.39 is 0 Å². The lowest BCUT2D eigenvalue weighted by atomic mass is 10.2. The van der Waals surface area contributed by atoms with E-state index in [4.69, 9.17) is 0 Å². The van der Waals surface area contributed by atoms with Crippen molar-refractivity contribution in [1.29, 1.82) is 0 Å². The zero-order chi connectivity index (χ0) is 13.1. The van der Waals surface area contributed by atoms with Crippen LogP contribution in [0.25, 0.3) is 0 Å². The second kappa shape index (κ2) is 5.30. The smallest absolute Gasteiger partial charge is 0.151 e. The normalized spacial score (nSPS) is 16.6. The number of aromatic amines is 1. The number of rotatable bonds is 4. The predicted octanol–water partition coefficient (Wildman–Crippen LogP) is 2.58. The third kappa shape index (κ3) is 2.54. The van der Waals surface area contributed by atoms with Crippen molar-refractivity contribution in [1.82, 2.24) is 15.2 Å². The number of nitrogens with one attached hydrogen (secondary N) is 2. The molecule has 2 aromatic rings. The Balaban J connectivity index is 1.80. The molecule has 5 heteroatoms. The van der Waals surface area contributed by atoms with Gasteiger partial charge in [-0.1, -0.05) is 0 Å². The van der Waals surface area contributed by atoms with Crippen molar-refractivity contribution < 1.29 is 0 Å². The Morgan fingerprint density at radius 2 is 2.11 bits per heavy atom. The van der Waals surface area contributed by atoms with Crippen LogP contribution in [0.4, 0.5) is 11.5 Å². The summed E-state index contributed by atoms with van der Waals surface area (Å²) in [5, 5.41) is 10.5. The Kier molecular flexibility index (Phi) is 3.35. The Morgan fingerprint density at radius 3 is 2.84 bits per heavy atom. The first-order valence-corrected chi connectivity index (χ1v) is 6.80. The number of hydrogen-bond acceptors (Lipinski definition) is 4. The number of aromatic nitrogens is 3. The molecule has 0 aliphatic carbocycles. The van der Waals surface area contributed by atoms with E-state index in [2.05, 4.69) is 38.4 Å². The molecule has 1 fully saturated rings. The summed E-state index contributed by atoms with van der Waals surface area (Å²) in [6, 6.07) is 6.24. The lowest BCUT2D eigenvalue weighted by Crippen LogP contribution is -2.21. The quantitative estimate of drug-likeness (QED) is 0.884. The molecule has 3 heterocycles. The van der Waals surface area contributed by atoms with Crippen molar-refractivity contribution in [3.8, 4) is 0 Å². The summed E-state index contributed by atoms with van der Waals surface area (Å²) in [5.41, 5.74) is 2.17. The molecule has 0 radical (unpaired) electrons. The van der Waals surface area contributed by atoms with Crippen molar-refractivity contribution in [3.05, 3.63) is 36.3 Å². The fourth-order valence-corrected chi connectivity index (χ4v) is 2.51. The second-order valence-corrected chi connectivity index (χ2v) is 4.95. The van der Waals surface area contributed by atoms with E-state index in [1.165, 1.54) is 12.8 Å². The summed E-state index contributed by atoms with van der Waals surface area (Å²) in [7, 11) is 0. The molecular formula is C14H19N5. The van der Waals surface area contributed by atoms with Gasteiger partial charge in [-0.15, -0.1) is 0 Å². The van der Waals surface area contributed by atoms with Crippen molar-refractivity contribution in [2.24, 2.45) is 0 Å². The van der Waals surface area contributed by atoms with Crippen LogP contribution in [0.2, 0.25) is 0 Å². The molecule has 5 nitrogen and oxygen atoms in total. The molecule has 0 amide bonds. The average Bonchev–Trinajstić information content (AvgIpc) is 3.13. The van der Waals surface area contributed by atoms with Crippen LogP contribution >= 0.6 is 0 Å². The number of hydrogen-bond donors (Lipinski definition) is 2. The van der Waals surface area contributed by atoms with Crippen molar-refractivity contribution in [2.45, 2.75) is 25.8 Å². The number of nitrogens with zero attached hydrogens (tertiary/aromatic N) is 3. The fourth-order valence-electron chi connectivity index (χ4n) is 2.51. The van der Waals surface area contributed by atoms with E-state index >= 15 is 0 Å². The molecule has 1 atom stereocenters. The summed E-state index contributed by atoms with van der Waals surface area (Å²) >= 11 is 0. The van der Waals surface area contributed by atoms with E-state index in [1.807, 2.05) is 18.3 Å². The van der Waals surface area contributed by atoms with Crippen LogP contribution in [-0.4, -0.2) is 28.3 Å². The van der Waals surface area contributed by atoms with Crippen molar-refractivity contribution in [3.63, 3.8) is 0 Å². The fraction of sp³-hybridized carbons (Fsp3) is 0.429. The Morgan fingerprint density at radius 1 is 1.26 bits per heavy atom. The van der Waals surface area contributed by atoms with Crippen LogP contribution in [0.15, 0.2) is 30.6 Å². The SMILES string of the molecule is CC(Nc1cccnc1N1CCCC1)c1ccn[nH]1. The first-order chi connectivity index (χ1) is 9.34. The van der Waals surface area contributed by atoms with Crippen LogP contribution in [0, 0.1) is 0 Å². The monoisotopic (exact) mass is 257 g/mol. The van der Waals surface area contributed by atoms with Crippen LogP contribution in [-0.2, 0) is 0 Å². The molecule has 0 aromatic carbocycles. The summed E-state index contributed by atoms with van der Waals surface area (Å²) < 4.78 is 0. The van der Waals surface area contributed by atoms with Gasteiger partial charge in [-0.05, 0) is 38.0 Å². The highest BCUT2D eigenvalue weighted by molar-refractivity contribution is 5.66. The van der Waals surface area contributed by atoms with Gasteiger partial charge in [0.15, 0.2) is 5.82 Å². The van der Waals surface area contributed by atoms with Crippen LogP contribution in [0.1, 0.15) is 31.5 Å². The van der Waals surface area contributed by atoms with Crippen LogP contribution in [0.5, 0.6) is 0 Å². The van der Waals surface area contributed by atoms with Crippen molar-refractivity contribution >= 4 is 11.5 Å². The molecule has 1 saturated heterocycles. The zero-order valence-corrected chi connectivity index (χ0v) is 11.1. The molecule has 2 N–H and O–H groups in total. The first-order valence-electron chi connectivity index (χ1n) is 6.80. The minimum absolute atomic E-state index is 0.188. The Bertz CT molecular complexity index is 516. The lowest BCUT2D eigenvalue weighted by Gasteiger charge is -2.22. The third-order valence-corrected chi connectivity index (χ3v) is 3.55. The third-order valence-electron chi connectivity index (χ3n) is 3.55. The highest BCUT2D eigenvalue weighted by atomic mass is 15.2. The van der Waals surface area contributed by atoms with E-state index in [-0.39, 0.29) is 6.04 Å². The van der Waals surface area contributed by atoms with Gasteiger partial charge in [-0.2, -0.15) is 5.10 Å². The first kappa shape index (κ1) is 12.0. The van der Waals surface area contributed by atoms with Gasteiger partial charge in [0.25, 0.3) is 0 Å². The molecule has 100 valence electrons. The number of pyridine rings is 1. The van der Waals surface area contributed by atoms with Gasteiger partial charge >= 0.3 is 0 Å². The minimum atomic E-state index is 0.188. The molecule has 1 aliphatic rings. The molecule has 2 aromatic heterocycles. The molecular weight excluding hydrogens is 238 g/mol. The minimum Gasteiger partial charge on any atom is -0.374 e. The molecule has 0 bridgehead atoms. The highest BCUT2D eigenvalue weighted by Gasteiger charge is 2.18. The van der Waals surface area contributed by atoms with Gasteiger partial charge in [0.1, 0.15) is 0 Å². The van der Waals surface area contributed by atoms with Gasteiger partial charge in [0.05, 0.1) is 17.4 Å². The molecule has 19 heavy (non-hydrogen) atoms. The molecule has 1 unspecified atom stereocenters. The van der Waals surface area contributed by atoms with E-state index in [0.717, 1.165) is 30.3 Å². The predicted molar refractivity (Wildman–Crippen MR) is 76.3 cm³/mol. The summed E-state index contributed by atoms with van der Waals surface area (Å²) in [6.45, 7) is 4.32. The standard InChI is InChI=1S/C14H19N5/c1-11(12-6-8-16-18-12)17-13-5-4-7-15-14(13)19-9-2-3-10-19/h4-8,11,17H,2-3,9-10H2,1H3,(H,16,18). The van der Waals surface area contributed by atoms with Gasteiger partial charge in [-0.3, -0.25) is 5.10 Å². The molecule has 0 saturated carbocycles. The Hall–Kier alpha value is -2.04. The van der Waals surface area contributed by atoms with Gasteiger partial charge in [0, 0.05) is 25.5 Å². The lowest BCUT2D eigenvalue weighted by molar-refractivity contribution is 0.820. The van der Waals surface area contributed by atoms with Crippen LogP contribution in [0.3, 0.4) is 0 Å². The van der Waals surface area contributed by atoms with Crippen molar-refractivity contribution in [2.75, 3.05) is 23.3 Å². The van der Waals surface area contributed by atoms with Gasteiger partial charge in [-0.25, -0.2) is 4.98 Å². The summed E-state index contributed by atoms with van der Waals surface area (Å²) in [6.07, 6.45) is 6.15. The second-order valence-electron chi connectivity index (χ2n) is 4.95. The Labute approximate surface area is 113 Å². The number of anilines is 2. The van der Waals surface area contributed by atoms with Gasteiger partial charge < -0.3 is 10.2 Å². The van der Waals surface area contributed by atoms with Gasteiger partial charge in [0.2, 0.25) is 0 Å². The largest absolute Gasteiger partial charge is 0.374 e. The zero-order valence-electron chi connectivity index (χ0n) is 11.1. The summed E-state index contributed by atoms with van der Waals surface area (Å²) in [4.78, 5) is 6.88. The molecule has 0 spiro atoms. The maximum absolute atomic E-state index is 4.53. The van der Waals surface area contributed by atoms with E-state index in [9.17, 15) is 0 Å². The van der Waals surface area contributed by atoms with E-state index in [1.54, 1.807) is 6.20 Å². The molecule has 3 rings (SSSR count). The average molecular weight is 257 g/mol. The number of H-pyrrole nitrogens is 1. The topological polar surface area (TPSA) is 56.8 Å². The van der Waals surface area contributed by atoms with E-state index in [0.29, 0.717) is 0 Å². The maximum Gasteiger partial charge on any atom is 0.151 e.